The lowest BCUT2D eigenvalue weighted by molar-refractivity contribution is 0.404. The maximum Gasteiger partial charge on any atom is 0.241 e. The number of hydrogen-bond donors (Lipinski definition) is 2. The fraction of sp³-hybridized carbons (Fsp3) is 0.500. The minimum absolute atomic E-state index is 0.0384. The second-order valence-electron chi connectivity index (χ2n) is 5.61. The van der Waals surface area contributed by atoms with Crippen molar-refractivity contribution in [3.63, 3.8) is 0 Å². The van der Waals surface area contributed by atoms with Gasteiger partial charge >= 0.3 is 0 Å². The van der Waals surface area contributed by atoms with Crippen LogP contribution in [0.5, 0.6) is 5.75 Å². The Hall–Kier alpha value is -1.32. The minimum atomic E-state index is -4.04. The molecule has 0 aliphatic carbocycles. The van der Waals surface area contributed by atoms with Crippen LogP contribution in [0.3, 0.4) is 0 Å². The number of nitrogens with one attached hydrogen (secondary N) is 1. The van der Waals surface area contributed by atoms with Gasteiger partial charge in [0.15, 0.2) is 5.75 Å². The predicted molar refractivity (Wildman–Crippen MR) is 81.4 cm³/mol. The van der Waals surface area contributed by atoms with Crippen molar-refractivity contribution >= 4 is 25.7 Å². The molecule has 7 nitrogen and oxygen atoms in total. The molecular formula is C12H20N2O5S2. The molecule has 1 aromatic carbocycles. The molecule has 0 bridgehead atoms. The molecule has 3 N–H and O–H groups in total. The summed E-state index contributed by atoms with van der Waals surface area (Å²) >= 11 is 0. The topological polar surface area (TPSA) is 116 Å². The van der Waals surface area contributed by atoms with Gasteiger partial charge in [0.25, 0.3) is 0 Å². The smallest absolute Gasteiger partial charge is 0.241 e. The number of rotatable bonds is 4. The Labute approximate surface area is 125 Å². The summed E-state index contributed by atoms with van der Waals surface area (Å²) in [5.74, 6) is -0.129. The predicted octanol–water partition coefficient (Wildman–Crippen LogP) is 1.19. The van der Waals surface area contributed by atoms with E-state index in [-0.39, 0.29) is 16.3 Å². The van der Waals surface area contributed by atoms with Crippen molar-refractivity contribution in [2.75, 3.05) is 11.8 Å². The lowest BCUT2D eigenvalue weighted by Crippen LogP contribution is -2.34. The van der Waals surface area contributed by atoms with E-state index in [4.69, 9.17) is 9.88 Å². The summed E-state index contributed by atoms with van der Waals surface area (Å²) in [6.45, 7) is 6.21. The first-order valence-electron chi connectivity index (χ1n) is 6.03. The van der Waals surface area contributed by atoms with E-state index in [1.54, 1.807) is 6.92 Å². The quantitative estimate of drug-likeness (QED) is 0.857. The van der Waals surface area contributed by atoms with E-state index in [1.165, 1.54) is 40.0 Å². The Morgan fingerprint density at radius 3 is 2.05 bits per heavy atom. The molecule has 0 aliphatic rings. The SMILES string of the molecule is COc1c(NS(=O)(=O)C(C)(C)C)cc(C)cc1S(N)(=O)=O. The van der Waals surface area contributed by atoms with Gasteiger partial charge in [-0.05, 0) is 45.4 Å². The highest BCUT2D eigenvalue weighted by Gasteiger charge is 2.31. The number of aryl methyl sites for hydroxylation is 1. The van der Waals surface area contributed by atoms with Gasteiger partial charge in [0.05, 0.1) is 17.5 Å². The highest BCUT2D eigenvalue weighted by molar-refractivity contribution is 7.94. The zero-order chi connectivity index (χ0) is 16.6. The molecule has 1 aromatic rings. The number of primary sulfonamides is 1. The number of nitrogens with two attached hydrogens (primary N) is 1. The van der Waals surface area contributed by atoms with Crippen LogP contribution in [-0.4, -0.2) is 28.7 Å². The van der Waals surface area contributed by atoms with Gasteiger partial charge in [0, 0.05) is 0 Å². The summed E-state index contributed by atoms with van der Waals surface area (Å²) in [7, 11) is -6.53. The summed E-state index contributed by atoms with van der Waals surface area (Å²) in [5, 5.41) is 5.14. The lowest BCUT2D eigenvalue weighted by atomic mass is 10.2. The maximum absolute atomic E-state index is 12.2. The van der Waals surface area contributed by atoms with E-state index in [0.717, 1.165) is 0 Å². The van der Waals surface area contributed by atoms with Gasteiger partial charge in [-0.1, -0.05) is 0 Å². The molecule has 1 rings (SSSR count). The Balaban J connectivity index is 3.56. The third-order valence-electron chi connectivity index (χ3n) is 2.76. The molecule has 0 amide bonds. The van der Waals surface area contributed by atoms with Crippen LogP contribution in [-0.2, 0) is 20.0 Å². The molecule has 120 valence electrons. The fourth-order valence-electron chi connectivity index (χ4n) is 1.54. The van der Waals surface area contributed by atoms with E-state index in [0.29, 0.717) is 5.56 Å². The molecular weight excluding hydrogens is 316 g/mol. The van der Waals surface area contributed by atoms with Crippen LogP contribution in [0.15, 0.2) is 17.0 Å². The van der Waals surface area contributed by atoms with Gasteiger partial charge < -0.3 is 4.74 Å². The van der Waals surface area contributed by atoms with Crippen molar-refractivity contribution < 1.29 is 21.6 Å². The standard InChI is InChI=1S/C12H20N2O5S2/c1-8-6-9(14-21(17,18)12(2,3)4)11(19-5)10(7-8)20(13,15)16/h6-7,14H,1-5H3,(H2,13,15,16). The fourth-order valence-corrected chi connectivity index (χ4v) is 3.08. The second-order valence-corrected chi connectivity index (χ2v) is 9.57. The van der Waals surface area contributed by atoms with Crippen molar-refractivity contribution in [2.24, 2.45) is 5.14 Å². The van der Waals surface area contributed by atoms with Crippen LogP contribution in [0.1, 0.15) is 26.3 Å². The summed E-state index contributed by atoms with van der Waals surface area (Å²) in [5.41, 5.74) is 0.572. The Morgan fingerprint density at radius 2 is 1.67 bits per heavy atom. The van der Waals surface area contributed by atoms with E-state index >= 15 is 0 Å². The molecule has 0 aliphatic heterocycles. The molecule has 0 fully saturated rings. The molecule has 9 heteroatoms. The van der Waals surface area contributed by atoms with Crippen LogP contribution in [0.2, 0.25) is 0 Å². The Kier molecular flexibility index (Phi) is 4.62. The zero-order valence-electron chi connectivity index (χ0n) is 12.6. The zero-order valence-corrected chi connectivity index (χ0v) is 14.2. The molecule has 0 unspecified atom stereocenters. The molecule has 0 spiro atoms. The average Bonchev–Trinajstić information content (AvgIpc) is 2.24. The number of sulfonamides is 2. The maximum atomic E-state index is 12.2. The van der Waals surface area contributed by atoms with Crippen molar-refractivity contribution in [3.05, 3.63) is 17.7 Å². The van der Waals surface area contributed by atoms with Gasteiger partial charge in [-0.15, -0.1) is 0 Å². The normalized spacial score (nSPS) is 13.0. The summed E-state index contributed by atoms with van der Waals surface area (Å²) in [6, 6.07) is 2.81. The van der Waals surface area contributed by atoms with Gasteiger partial charge in [-0.2, -0.15) is 0 Å². The van der Waals surface area contributed by atoms with Crippen molar-refractivity contribution in [1.29, 1.82) is 0 Å². The van der Waals surface area contributed by atoms with Gasteiger partial charge in [0.2, 0.25) is 20.0 Å². The largest absolute Gasteiger partial charge is 0.493 e. The van der Waals surface area contributed by atoms with Crippen LogP contribution >= 0.6 is 0 Å². The molecule has 0 aromatic heterocycles. The number of anilines is 1. The molecule has 0 heterocycles. The molecule has 0 saturated carbocycles. The Morgan fingerprint density at radius 1 is 1.14 bits per heavy atom. The molecule has 0 saturated heterocycles. The highest BCUT2D eigenvalue weighted by Crippen LogP contribution is 2.35. The number of ether oxygens (including phenoxy) is 1. The van der Waals surface area contributed by atoms with E-state index in [9.17, 15) is 16.8 Å². The summed E-state index contributed by atoms with van der Waals surface area (Å²) in [4.78, 5) is -0.267. The molecule has 0 radical (unpaired) electrons. The van der Waals surface area contributed by atoms with E-state index < -0.39 is 24.8 Å². The summed E-state index contributed by atoms with van der Waals surface area (Å²) < 4.78 is 54.0. The van der Waals surface area contributed by atoms with Crippen molar-refractivity contribution in [3.8, 4) is 5.75 Å². The monoisotopic (exact) mass is 336 g/mol. The first-order valence-corrected chi connectivity index (χ1v) is 9.06. The number of hydrogen-bond acceptors (Lipinski definition) is 5. The first-order chi connectivity index (χ1) is 9.29. The molecule has 21 heavy (non-hydrogen) atoms. The average molecular weight is 336 g/mol. The highest BCUT2D eigenvalue weighted by atomic mass is 32.2. The van der Waals surface area contributed by atoms with Crippen LogP contribution in [0, 0.1) is 6.92 Å². The van der Waals surface area contributed by atoms with E-state index in [2.05, 4.69) is 4.72 Å². The van der Waals surface area contributed by atoms with Crippen molar-refractivity contribution in [2.45, 2.75) is 37.3 Å². The Bertz CT molecular complexity index is 747. The van der Waals surface area contributed by atoms with E-state index in [1.807, 2.05) is 0 Å². The van der Waals surface area contributed by atoms with Crippen LogP contribution < -0.4 is 14.6 Å². The minimum Gasteiger partial charge on any atom is -0.493 e. The van der Waals surface area contributed by atoms with Crippen LogP contribution in [0.25, 0.3) is 0 Å². The summed E-state index contributed by atoms with van der Waals surface area (Å²) in [6.07, 6.45) is 0. The molecule has 0 atom stereocenters. The first kappa shape index (κ1) is 17.7. The van der Waals surface area contributed by atoms with Gasteiger partial charge in [-0.25, -0.2) is 22.0 Å². The number of methoxy groups -OCH3 is 1. The lowest BCUT2D eigenvalue weighted by Gasteiger charge is -2.22. The van der Waals surface area contributed by atoms with Crippen molar-refractivity contribution in [1.82, 2.24) is 0 Å². The second kappa shape index (κ2) is 5.47. The van der Waals surface area contributed by atoms with Gasteiger partial charge in [-0.3, -0.25) is 4.72 Å². The third-order valence-corrected chi connectivity index (χ3v) is 5.78. The van der Waals surface area contributed by atoms with Gasteiger partial charge in [0.1, 0.15) is 4.90 Å². The number of benzene rings is 1. The van der Waals surface area contributed by atoms with Crippen LogP contribution in [0.4, 0.5) is 5.69 Å². The third kappa shape index (κ3) is 3.86.